The SMILES string of the molecule is CC(C)[Si](C#C/C(=C\C(=C\c1ccccc1)c1ccccc1)C(C)(C)C)(C(C)C)C(C)C. The molecule has 32 heavy (non-hydrogen) atoms. The van der Waals surface area contributed by atoms with Crippen LogP contribution in [0.2, 0.25) is 16.6 Å². The van der Waals surface area contributed by atoms with Gasteiger partial charge in [-0.2, -0.15) is 0 Å². The molecule has 1 heteroatoms. The normalized spacial score (nSPS) is 13.5. The van der Waals surface area contributed by atoms with E-state index < -0.39 is 8.07 Å². The van der Waals surface area contributed by atoms with Gasteiger partial charge >= 0.3 is 0 Å². The van der Waals surface area contributed by atoms with Gasteiger partial charge in [0.15, 0.2) is 0 Å². The van der Waals surface area contributed by atoms with Gasteiger partial charge in [0.25, 0.3) is 0 Å². The Labute approximate surface area is 198 Å². The fourth-order valence-corrected chi connectivity index (χ4v) is 9.99. The molecule has 0 unspecified atom stereocenters. The summed E-state index contributed by atoms with van der Waals surface area (Å²) in [6.45, 7) is 21.1. The fourth-order valence-electron chi connectivity index (χ4n) is 4.77. The van der Waals surface area contributed by atoms with Crippen LogP contribution < -0.4 is 0 Å². The molecule has 170 valence electrons. The van der Waals surface area contributed by atoms with Crippen molar-refractivity contribution in [1.82, 2.24) is 0 Å². The van der Waals surface area contributed by atoms with Crippen molar-refractivity contribution in [1.29, 1.82) is 0 Å². The molecular weight excluding hydrogens is 400 g/mol. The fraction of sp³-hybridized carbons (Fsp3) is 0.419. The Bertz CT molecular complexity index is 950. The lowest BCUT2D eigenvalue weighted by molar-refractivity contribution is 0.521. The van der Waals surface area contributed by atoms with E-state index in [9.17, 15) is 0 Å². The van der Waals surface area contributed by atoms with Crippen LogP contribution in [-0.4, -0.2) is 8.07 Å². The van der Waals surface area contributed by atoms with Gasteiger partial charge in [0.2, 0.25) is 0 Å². The van der Waals surface area contributed by atoms with Crippen LogP contribution in [0, 0.1) is 16.9 Å². The number of benzene rings is 2. The number of rotatable bonds is 6. The number of hydrogen-bond donors (Lipinski definition) is 0. The van der Waals surface area contributed by atoms with Crippen molar-refractivity contribution in [3.8, 4) is 11.5 Å². The molecule has 0 radical (unpaired) electrons. The third kappa shape index (κ3) is 6.36. The van der Waals surface area contributed by atoms with E-state index in [-0.39, 0.29) is 5.41 Å². The average molecular weight is 443 g/mol. The smallest absolute Gasteiger partial charge is 0.125 e. The van der Waals surface area contributed by atoms with Gasteiger partial charge in [-0.15, -0.1) is 5.54 Å². The van der Waals surface area contributed by atoms with Gasteiger partial charge in [-0.3, -0.25) is 0 Å². The molecule has 0 atom stereocenters. The molecule has 0 fully saturated rings. The summed E-state index contributed by atoms with van der Waals surface area (Å²) in [7, 11) is -1.80. The zero-order valence-corrected chi connectivity index (χ0v) is 22.7. The highest BCUT2D eigenvalue weighted by Gasteiger charge is 2.41. The van der Waals surface area contributed by atoms with E-state index in [1.807, 2.05) is 0 Å². The molecule has 0 aliphatic rings. The molecule has 0 bridgehead atoms. The summed E-state index contributed by atoms with van der Waals surface area (Å²) in [6, 6.07) is 21.2. The van der Waals surface area contributed by atoms with Gasteiger partial charge in [0, 0.05) is 5.57 Å². The van der Waals surface area contributed by atoms with Gasteiger partial charge in [-0.25, -0.2) is 0 Å². The van der Waals surface area contributed by atoms with Gasteiger partial charge in [-0.1, -0.05) is 129 Å². The summed E-state index contributed by atoms with van der Waals surface area (Å²) in [5.41, 5.74) is 10.7. The number of allylic oxidation sites excluding steroid dienone is 3. The van der Waals surface area contributed by atoms with Crippen molar-refractivity contribution < 1.29 is 0 Å². The maximum atomic E-state index is 3.95. The third-order valence-corrected chi connectivity index (χ3v) is 12.9. The van der Waals surface area contributed by atoms with Crippen molar-refractivity contribution in [3.63, 3.8) is 0 Å². The Morgan fingerprint density at radius 1 is 0.750 bits per heavy atom. The monoisotopic (exact) mass is 442 g/mol. The van der Waals surface area contributed by atoms with Crippen LogP contribution >= 0.6 is 0 Å². The minimum Gasteiger partial charge on any atom is -0.125 e. The van der Waals surface area contributed by atoms with Crippen molar-refractivity contribution in [3.05, 3.63) is 83.4 Å². The van der Waals surface area contributed by atoms with E-state index in [0.29, 0.717) is 16.6 Å². The van der Waals surface area contributed by atoms with E-state index >= 15 is 0 Å². The van der Waals surface area contributed by atoms with Gasteiger partial charge in [-0.05, 0) is 50.9 Å². The van der Waals surface area contributed by atoms with E-state index in [1.165, 1.54) is 22.3 Å². The molecule has 2 aromatic carbocycles. The van der Waals surface area contributed by atoms with E-state index in [2.05, 4.69) is 147 Å². The summed E-state index contributed by atoms with van der Waals surface area (Å²) in [5.74, 6) is 3.76. The Hall–Kier alpha value is -2.30. The molecule has 0 amide bonds. The van der Waals surface area contributed by atoms with Crippen LogP contribution in [0.4, 0.5) is 0 Å². The first-order chi connectivity index (χ1) is 15.0. The molecule has 2 rings (SSSR count). The minimum atomic E-state index is -1.80. The first-order valence-corrected chi connectivity index (χ1v) is 14.3. The third-order valence-electron chi connectivity index (χ3n) is 6.62. The maximum absolute atomic E-state index is 3.95. The molecule has 0 aliphatic carbocycles. The predicted octanol–water partition coefficient (Wildman–Crippen LogP) is 9.42. The Morgan fingerprint density at radius 2 is 1.22 bits per heavy atom. The van der Waals surface area contributed by atoms with Crippen LogP contribution in [0.5, 0.6) is 0 Å². The molecule has 0 saturated carbocycles. The first kappa shape index (κ1) is 26.0. The summed E-state index contributed by atoms with van der Waals surface area (Å²) in [6.07, 6.45) is 4.61. The molecule has 0 aliphatic heterocycles. The van der Waals surface area contributed by atoms with Crippen LogP contribution in [-0.2, 0) is 0 Å². The summed E-state index contributed by atoms with van der Waals surface area (Å²) in [5, 5.41) is 0. The molecule has 2 aromatic rings. The Balaban J connectivity index is 2.71. The van der Waals surface area contributed by atoms with Crippen LogP contribution in [0.15, 0.2) is 72.3 Å². The first-order valence-electron chi connectivity index (χ1n) is 12.1. The van der Waals surface area contributed by atoms with Gasteiger partial charge < -0.3 is 0 Å². The van der Waals surface area contributed by atoms with Crippen molar-refractivity contribution in [2.75, 3.05) is 0 Å². The zero-order chi connectivity index (χ0) is 23.9. The lowest BCUT2D eigenvalue weighted by Crippen LogP contribution is -2.43. The molecule has 0 aromatic heterocycles. The van der Waals surface area contributed by atoms with E-state index in [4.69, 9.17) is 0 Å². The van der Waals surface area contributed by atoms with Crippen LogP contribution in [0.25, 0.3) is 11.6 Å². The summed E-state index contributed by atoms with van der Waals surface area (Å²) in [4.78, 5) is 0. The van der Waals surface area contributed by atoms with E-state index in [0.717, 1.165) is 0 Å². The number of hydrogen-bond acceptors (Lipinski definition) is 0. The second-order valence-corrected chi connectivity index (χ2v) is 16.4. The Kier molecular flexibility index (Phi) is 8.94. The molecule has 0 saturated heterocycles. The minimum absolute atomic E-state index is 0.0252. The highest BCUT2D eigenvalue weighted by atomic mass is 28.3. The molecule has 0 nitrogen and oxygen atoms in total. The standard InChI is InChI=1S/C31H42Si/c1-24(2)32(25(3)4,26(5)6)21-20-30(31(7,8)9)23-29(28-18-14-11-15-19-28)22-27-16-12-10-13-17-27/h10-19,22-26H,1-9H3/b29-22-,30-23+. The second kappa shape index (κ2) is 11.0. The summed E-state index contributed by atoms with van der Waals surface area (Å²) < 4.78 is 0. The van der Waals surface area contributed by atoms with Crippen LogP contribution in [0.3, 0.4) is 0 Å². The summed E-state index contributed by atoms with van der Waals surface area (Å²) >= 11 is 0. The largest absolute Gasteiger partial charge is 0.146 e. The zero-order valence-electron chi connectivity index (χ0n) is 21.7. The highest BCUT2D eigenvalue weighted by Crippen LogP contribution is 2.41. The topological polar surface area (TPSA) is 0 Å². The molecule has 0 heterocycles. The lowest BCUT2D eigenvalue weighted by Gasteiger charge is -2.38. The second-order valence-electron chi connectivity index (χ2n) is 10.8. The highest BCUT2D eigenvalue weighted by molar-refractivity contribution is 6.90. The van der Waals surface area contributed by atoms with Crippen molar-refractivity contribution >= 4 is 19.7 Å². The lowest BCUT2D eigenvalue weighted by atomic mass is 9.84. The molecule has 0 spiro atoms. The molecular formula is C31H42Si. The quantitative estimate of drug-likeness (QED) is 0.181. The average Bonchev–Trinajstić information content (AvgIpc) is 2.72. The van der Waals surface area contributed by atoms with Gasteiger partial charge in [0.05, 0.1) is 0 Å². The van der Waals surface area contributed by atoms with Crippen molar-refractivity contribution in [2.24, 2.45) is 5.41 Å². The van der Waals surface area contributed by atoms with Gasteiger partial charge in [0.1, 0.15) is 8.07 Å². The van der Waals surface area contributed by atoms with Crippen molar-refractivity contribution in [2.45, 2.75) is 78.9 Å². The molecule has 0 N–H and O–H groups in total. The Morgan fingerprint density at radius 3 is 1.66 bits per heavy atom. The predicted molar refractivity (Wildman–Crippen MR) is 147 cm³/mol. The maximum Gasteiger partial charge on any atom is 0.146 e. The van der Waals surface area contributed by atoms with Crippen LogP contribution in [0.1, 0.15) is 73.4 Å². The van der Waals surface area contributed by atoms with E-state index in [1.54, 1.807) is 0 Å².